The van der Waals surface area contributed by atoms with Gasteiger partial charge in [-0.25, -0.2) is 4.68 Å². The van der Waals surface area contributed by atoms with E-state index >= 15 is 0 Å². The van der Waals surface area contributed by atoms with Crippen LogP contribution in [0, 0.1) is 0 Å². The van der Waals surface area contributed by atoms with E-state index in [2.05, 4.69) is 18.7 Å². The molecule has 0 aliphatic carbocycles. The highest BCUT2D eigenvalue weighted by Crippen LogP contribution is 2.32. The third kappa shape index (κ3) is 7.42. The van der Waals surface area contributed by atoms with Gasteiger partial charge in [0.2, 0.25) is 5.88 Å². The van der Waals surface area contributed by atoms with Crippen molar-refractivity contribution in [2.45, 2.75) is 65.7 Å². The van der Waals surface area contributed by atoms with Crippen LogP contribution in [0.3, 0.4) is 0 Å². The Labute approximate surface area is 204 Å². The molecular weight excluding hydrogens is 426 g/mol. The predicted octanol–water partition coefficient (Wildman–Crippen LogP) is 5.62. The smallest absolute Gasteiger partial charge is 0.227 e. The second kappa shape index (κ2) is 12.2. The van der Waals surface area contributed by atoms with Crippen LogP contribution in [0.4, 0.5) is 0 Å². The largest absolute Gasteiger partial charge is 0.439 e. The van der Waals surface area contributed by atoms with Crippen LogP contribution < -0.4 is 4.74 Å². The van der Waals surface area contributed by atoms with Gasteiger partial charge in [-0.15, -0.1) is 0 Å². The van der Waals surface area contributed by atoms with Crippen molar-refractivity contribution in [2.24, 2.45) is 0 Å². The highest BCUT2D eigenvalue weighted by atomic mass is 16.5. The zero-order chi connectivity index (χ0) is 24.6. The van der Waals surface area contributed by atoms with Crippen LogP contribution in [0.5, 0.6) is 11.6 Å². The number of para-hydroxylation sites is 2. The van der Waals surface area contributed by atoms with Crippen molar-refractivity contribution < 1.29 is 14.6 Å². The summed E-state index contributed by atoms with van der Waals surface area (Å²) in [6.07, 6.45) is 1.20. The second-order valence-corrected chi connectivity index (χ2v) is 9.56. The van der Waals surface area contributed by atoms with Gasteiger partial charge in [0.25, 0.3) is 0 Å². The fourth-order valence-corrected chi connectivity index (χ4v) is 3.84. The Kier molecular flexibility index (Phi) is 9.28. The Bertz CT molecular complexity index is 997. The molecule has 0 aliphatic rings. The maximum absolute atomic E-state index is 10.7. The van der Waals surface area contributed by atoms with Gasteiger partial charge in [-0.2, -0.15) is 5.10 Å². The van der Waals surface area contributed by atoms with Crippen molar-refractivity contribution in [3.8, 4) is 17.3 Å². The molecule has 6 nitrogen and oxygen atoms in total. The molecule has 0 saturated heterocycles. The number of hydrogen-bond acceptors (Lipinski definition) is 5. The average molecular weight is 466 g/mol. The molecule has 0 aliphatic heterocycles. The van der Waals surface area contributed by atoms with Crippen LogP contribution in [-0.4, -0.2) is 51.2 Å². The summed E-state index contributed by atoms with van der Waals surface area (Å²) in [5.41, 5.74) is 2.72. The van der Waals surface area contributed by atoms with Gasteiger partial charge in [-0.1, -0.05) is 50.2 Å². The first-order valence-electron chi connectivity index (χ1n) is 12.2. The van der Waals surface area contributed by atoms with Gasteiger partial charge in [0, 0.05) is 13.1 Å². The van der Waals surface area contributed by atoms with Crippen LogP contribution in [0.25, 0.3) is 5.69 Å². The molecule has 0 unspecified atom stereocenters. The van der Waals surface area contributed by atoms with Crippen molar-refractivity contribution in [3.05, 3.63) is 71.9 Å². The van der Waals surface area contributed by atoms with Gasteiger partial charge in [-0.3, -0.25) is 4.90 Å². The lowest BCUT2D eigenvalue weighted by atomic mass is 10.1. The molecule has 0 radical (unpaired) electrons. The molecule has 1 N–H and O–H groups in total. The Morgan fingerprint density at radius 1 is 1.00 bits per heavy atom. The normalized spacial score (nSPS) is 12.8. The fourth-order valence-electron chi connectivity index (χ4n) is 3.84. The Morgan fingerprint density at radius 3 is 2.24 bits per heavy atom. The van der Waals surface area contributed by atoms with Gasteiger partial charge >= 0.3 is 0 Å². The van der Waals surface area contributed by atoms with Crippen LogP contribution >= 0.6 is 0 Å². The molecule has 2 aromatic carbocycles. The van der Waals surface area contributed by atoms with Crippen LogP contribution in [0.2, 0.25) is 0 Å². The zero-order valence-corrected chi connectivity index (χ0v) is 21.2. The maximum Gasteiger partial charge on any atom is 0.227 e. The third-order valence-electron chi connectivity index (χ3n) is 5.41. The van der Waals surface area contributed by atoms with E-state index in [-0.39, 0.29) is 5.60 Å². The maximum atomic E-state index is 10.7. The highest BCUT2D eigenvalue weighted by Gasteiger charge is 2.24. The van der Waals surface area contributed by atoms with Crippen LogP contribution in [0.15, 0.2) is 60.7 Å². The molecule has 6 heteroatoms. The molecule has 0 amide bonds. The van der Waals surface area contributed by atoms with E-state index < -0.39 is 6.10 Å². The molecule has 1 heterocycles. The minimum Gasteiger partial charge on any atom is -0.439 e. The van der Waals surface area contributed by atoms with E-state index in [9.17, 15) is 5.11 Å². The number of ether oxygens (including phenoxy) is 2. The number of rotatable bonds is 12. The first-order valence-corrected chi connectivity index (χ1v) is 12.2. The summed E-state index contributed by atoms with van der Waals surface area (Å²) >= 11 is 0. The number of aromatic nitrogens is 2. The summed E-state index contributed by atoms with van der Waals surface area (Å²) < 4.78 is 14.1. The summed E-state index contributed by atoms with van der Waals surface area (Å²) in [5, 5.41) is 15.6. The number of nitrogens with zero attached hydrogens (tertiary/aromatic N) is 3. The van der Waals surface area contributed by atoms with Crippen LogP contribution in [-0.2, 0) is 17.7 Å². The van der Waals surface area contributed by atoms with E-state index in [1.54, 1.807) is 0 Å². The number of hydrogen-bond donors (Lipinski definition) is 1. The van der Waals surface area contributed by atoms with Gasteiger partial charge < -0.3 is 14.6 Å². The highest BCUT2D eigenvalue weighted by molar-refractivity contribution is 5.43. The minimum absolute atomic E-state index is 0.278. The fraction of sp³-hybridized carbons (Fsp3) is 0.464. The van der Waals surface area contributed by atoms with Gasteiger partial charge in [0.15, 0.2) is 0 Å². The van der Waals surface area contributed by atoms with Crippen LogP contribution in [0.1, 0.15) is 52.3 Å². The third-order valence-corrected chi connectivity index (χ3v) is 5.41. The quantitative estimate of drug-likeness (QED) is 0.376. The van der Waals surface area contributed by atoms with Gasteiger partial charge in [0.05, 0.1) is 35.3 Å². The van der Waals surface area contributed by atoms with Gasteiger partial charge in [-0.05, 0) is 64.4 Å². The lowest BCUT2D eigenvalue weighted by molar-refractivity contribution is -0.0567. The Hall–Kier alpha value is -2.67. The number of aliphatic hydroxyl groups excluding tert-OH is 1. The van der Waals surface area contributed by atoms with Crippen molar-refractivity contribution in [2.75, 3.05) is 19.7 Å². The molecule has 0 bridgehead atoms. The number of aliphatic hydroxyl groups is 1. The molecular formula is C28H39N3O3. The topological polar surface area (TPSA) is 59.8 Å². The molecule has 3 rings (SSSR count). The van der Waals surface area contributed by atoms with E-state index in [0.717, 1.165) is 48.0 Å². The SMILES string of the molecule is CCCN(Cc1c(CC)nn(-c2ccccc2)c1Oc1ccccc1)C[C@H](O)COC(C)(C)C. The standard InChI is InChI=1S/C28H39N3O3/c1-6-18-30(19-23(32)21-33-28(3,4)5)20-25-26(7-2)29-31(22-14-10-8-11-15-22)27(25)34-24-16-12-9-13-17-24/h8-17,23,32H,6-7,18-21H2,1-5H3/t23-/m0/s1. The summed E-state index contributed by atoms with van der Waals surface area (Å²) in [4.78, 5) is 2.26. The van der Waals surface area contributed by atoms with Crippen molar-refractivity contribution >= 4 is 0 Å². The molecule has 184 valence electrons. The minimum atomic E-state index is -0.571. The first kappa shape index (κ1) is 25.9. The molecule has 1 aromatic heterocycles. The van der Waals surface area contributed by atoms with E-state index in [1.165, 1.54) is 0 Å². The molecule has 1 atom stereocenters. The van der Waals surface area contributed by atoms with E-state index in [0.29, 0.717) is 19.7 Å². The van der Waals surface area contributed by atoms with Gasteiger partial charge in [0.1, 0.15) is 5.75 Å². The lowest BCUT2D eigenvalue weighted by Crippen LogP contribution is -2.37. The Morgan fingerprint density at radius 2 is 1.65 bits per heavy atom. The average Bonchev–Trinajstić information content (AvgIpc) is 3.15. The lowest BCUT2D eigenvalue weighted by Gasteiger charge is -2.27. The molecule has 0 fully saturated rings. The summed E-state index contributed by atoms with van der Waals surface area (Å²) in [7, 11) is 0. The monoisotopic (exact) mass is 465 g/mol. The number of benzene rings is 2. The van der Waals surface area contributed by atoms with Crippen molar-refractivity contribution in [3.63, 3.8) is 0 Å². The number of aryl methyl sites for hydroxylation is 1. The summed E-state index contributed by atoms with van der Waals surface area (Å²) in [6, 6.07) is 19.9. The Balaban J connectivity index is 1.93. The van der Waals surface area contributed by atoms with E-state index in [4.69, 9.17) is 14.6 Å². The summed E-state index contributed by atoms with van der Waals surface area (Å²) in [6.45, 7) is 12.6. The molecule has 3 aromatic rings. The zero-order valence-electron chi connectivity index (χ0n) is 21.2. The first-order chi connectivity index (χ1) is 16.3. The second-order valence-electron chi connectivity index (χ2n) is 9.56. The summed E-state index contributed by atoms with van der Waals surface area (Å²) in [5.74, 6) is 1.49. The van der Waals surface area contributed by atoms with E-state index in [1.807, 2.05) is 86.1 Å². The molecule has 0 saturated carbocycles. The predicted molar refractivity (Wildman–Crippen MR) is 137 cm³/mol. The molecule has 0 spiro atoms. The van der Waals surface area contributed by atoms with Crippen molar-refractivity contribution in [1.29, 1.82) is 0 Å². The molecule has 34 heavy (non-hydrogen) atoms. The van der Waals surface area contributed by atoms with Crippen molar-refractivity contribution in [1.82, 2.24) is 14.7 Å².